The second-order valence-corrected chi connectivity index (χ2v) is 3.91. The molecule has 0 bridgehead atoms. The molecule has 0 amide bonds. The lowest BCUT2D eigenvalue weighted by Crippen LogP contribution is -2.07. The standard InChI is InChI=1S/C11H14O2/c1-7-8(2)10(12)4-3-9(7)11(13)5-6-11/h3-4,12-13H,5-6H2,1-2H3. The minimum atomic E-state index is -0.595. The Labute approximate surface area is 77.8 Å². The van der Waals surface area contributed by atoms with E-state index >= 15 is 0 Å². The highest BCUT2D eigenvalue weighted by Gasteiger charge is 2.43. The molecule has 0 saturated heterocycles. The summed E-state index contributed by atoms with van der Waals surface area (Å²) in [6.07, 6.45) is 1.69. The molecular formula is C11H14O2. The average molecular weight is 178 g/mol. The molecule has 1 aliphatic rings. The van der Waals surface area contributed by atoms with Crippen LogP contribution in [0.5, 0.6) is 5.75 Å². The van der Waals surface area contributed by atoms with Crippen LogP contribution in [0.2, 0.25) is 0 Å². The largest absolute Gasteiger partial charge is 0.508 e. The van der Waals surface area contributed by atoms with E-state index in [1.807, 2.05) is 19.9 Å². The van der Waals surface area contributed by atoms with E-state index in [0.717, 1.165) is 29.5 Å². The molecule has 0 aliphatic heterocycles. The molecule has 0 atom stereocenters. The predicted molar refractivity (Wildman–Crippen MR) is 50.7 cm³/mol. The molecule has 1 aliphatic carbocycles. The zero-order valence-corrected chi connectivity index (χ0v) is 7.96. The first-order chi connectivity index (χ1) is 6.04. The molecule has 1 aromatic rings. The highest BCUT2D eigenvalue weighted by molar-refractivity contribution is 5.46. The fourth-order valence-electron chi connectivity index (χ4n) is 1.70. The van der Waals surface area contributed by atoms with Crippen molar-refractivity contribution >= 4 is 0 Å². The van der Waals surface area contributed by atoms with Gasteiger partial charge in [-0.1, -0.05) is 6.07 Å². The molecule has 0 aromatic heterocycles. The van der Waals surface area contributed by atoms with Gasteiger partial charge in [0.05, 0.1) is 5.60 Å². The van der Waals surface area contributed by atoms with Gasteiger partial charge >= 0.3 is 0 Å². The summed E-state index contributed by atoms with van der Waals surface area (Å²) in [6.45, 7) is 3.82. The molecule has 1 saturated carbocycles. The third kappa shape index (κ3) is 1.22. The van der Waals surface area contributed by atoms with Gasteiger partial charge in [-0.05, 0) is 49.4 Å². The maximum absolute atomic E-state index is 9.91. The van der Waals surface area contributed by atoms with Crippen molar-refractivity contribution in [3.05, 3.63) is 28.8 Å². The summed E-state index contributed by atoms with van der Waals surface area (Å²) >= 11 is 0. The zero-order valence-electron chi connectivity index (χ0n) is 7.96. The van der Waals surface area contributed by atoms with Crippen LogP contribution >= 0.6 is 0 Å². The molecule has 2 N–H and O–H groups in total. The Morgan fingerprint density at radius 1 is 1.15 bits per heavy atom. The van der Waals surface area contributed by atoms with Crippen LogP contribution in [0, 0.1) is 13.8 Å². The van der Waals surface area contributed by atoms with E-state index in [0.29, 0.717) is 5.75 Å². The summed E-state index contributed by atoms with van der Waals surface area (Å²) in [7, 11) is 0. The van der Waals surface area contributed by atoms with E-state index in [1.165, 1.54) is 0 Å². The van der Waals surface area contributed by atoms with Crippen LogP contribution in [0.1, 0.15) is 29.5 Å². The first-order valence-electron chi connectivity index (χ1n) is 4.57. The molecule has 0 radical (unpaired) electrons. The van der Waals surface area contributed by atoms with E-state index < -0.39 is 5.60 Å². The van der Waals surface area contributed by atoms with Gasteiger partial charge < -0.3 is 10.2 Å². The molecule has 2 nitrogen and oxygen atoms in total. The molecule has 2 heteroatoms. The number of aromatic hydroxyl groups is 1. The Kier molecular flexibility index (Phi) is 1.64. The normalized spacial score (nSPS) is 18.7. The molecule has 1 aromatic carbocycles. The number of aliphatic hydroxyl groups is 1. The van der Waals surface area contributed by atoms with Gasteiger partial charge in [-0.3, -0.25) is 0 Å². The zero-order chi connectivity index (χ0) is 9.64. The van der Waals surface area contributed by atoms with Gasteiger partial charge in [0.2, 0.25) is 0 Å². The first-order valence-corrected chi connectivity index (χ1v) is 4.57. The van der Waals surface area contributed by atoms with Crippen molar-refractivity contribution in [1.29, 1.82) is 0 Å². The molecule has 1 fully saturated rings. The Balaban J connectivity index is 2.54. The summed E-state index contributed by atoms with van der Waals surface area (Å²) < 4.78 is 0. The predicted octanol–water partition coefficient (Wildman–Crippen LogP) is 1.99. The van der Waals surface area contributed by atoms with Crippen molar-refractivity contribution in [3.63, 3.8) is 0 Å². The summed E-state index contributed by atoms with van der Waals surface area (Å²) in [5.41, 5.74) is 2.27. The lowest BCUT2D eigenvalue weighted by atomic mass is 9.97. The smallest absolute Gasteiger partial charge is 0.118 e. The van der Waals surface area contributed by atoms with E-state index in [2.05, 4.69) is 0 Å². The number of rotatable bonds is 1. The van der Waals surface area contributed by atoms with Crippen LogP contribution in [0.15, 0.2) is 12.1 Å². The molecule has 70 valence electrons. The van der Waals surface area contributed by atoms with Gasteiger partial charge in [-0.2, -0.15) is 0 Å². The second-order valence-electron chi connectivity index (χ2n) is 3.91. The Hall–Kier alpha value is -1.02. The Bertz CT molecular complexity index is 351. The molecule has 2 rings (SSSR count). The van der Waals surface area contributed by atoms with Gasteiger partial charge in [0.25, 0.3) is 0 Å². The number of hydrogen-bond donors (Lipinski definition) is 2. The lowest BCUT2D eigenvalue weighted by Gasteiger charge is -2.14. The van der Waals surface area contributed by atoms with Crippen LogP contribution in [0.4, 0.5) is 0 Å². The monoisotopic (exact) mass is 178 g/mol. The topological polar surface area (TPSA) is 40.5 Å². The molecular weight excluding hydrogens is 164 g/mol. The molecule has 0 heterocycles. The van der Waals surface area contributed by atoms with Crippen molar-refractivity contribution in [3.8, 4) is 5.75 Å². The van der Waals surface area contributed by atoms with Crippen LogP contribution in [0.3, 0.4) is 0 Å². The minimum absolute atomic E-state index is 0.311. The van der Waals surface area contributed by atoms with Crippen molar-refractivity contribution in [2.75, 3.05) is 0 Å². The first kappa shape index (κ1) is 8.57. The molecule has 0 spiro atoms. The summed E-state index contributed by atoms with van der Waals surface area (Å²) in [4.78, 5) is 0. The lowest BCUT2D eigenvalue weighted by molar-refractivity contribution is 0.150. The van der Waals surface area contributed by atoms with E-state index in [-0.39, 0.29) is 0 Å². The van der Waals surface area contributed by atoms with Crippen LogP contribution in [0.25, 0.3) is 0 Å². The summed E-state index contributed by atoms with van der Waals surface area (Å²) in [6, 6.07) is 3.48. The van der Waals surface area contributed by atoms with Gasteiger partial charge in [-0.25, -0.2) is 0 Å². The number of phenolic OH excluding ortho intramolecular Hbond substituents is 1. The van der Waals surface area contributed by atoms with Crippen LogP contribution in [-0.2, 0) is 5.60 Å². The van der Waals surface area contributed by atoms with E-state index in [4.69, 9.17) is 0 Å². The van der Waals surface area contributed by atoms with Crippen molar-refractivity contribution in [2.24, 2.45) is 0 Å². The minimum Gasteiger partial charge on any atom is -0.508 e. The molecule has 13 heavy (non-hydrogen) atoms. The van der Waals surface area contributed by atoms with Gasteiger partial charge in [-0.15, -0.1) is 0 Å². The summed E-state index contributed by atoms with van der Waals surface area (Å²) in [5.74, 6) is 0.311. The SMILES string of the molecule is Cc1c(O)ccc(C2(O)CC2)c1C. The maximum Gasteiger partial charge on any atom is 0.118 e. The maximum atomic E-state index is 9.91. The van der Waals surface area contributed by atoms with Gasteiger partial charge in [0.1, 0.15) is 5.75 Å². The van der Waals surface area contributed by atoms with Crippen molar-refractivity contribution in [1.82, 2.24) is 0 Å². The van der Waals surface area contributed by atoms with E-state index in [9.17, 15) is 10.2 Å². The van der Waals surface area contributed by atoms with Crippen molar-refractivity contribution < 1.29 is 10.2 Å². The highest BCUT2D eigenvalue weighted by atomic mass is 16.3. The van der Waals surface area contributed by atoms with Crippen molar-refractivity contribution in [2.45, 2.75) is 32.3 Å². The third-order valence-corrected chi connectivity index (χ3v) is 2.98. The fraction of sp³-hybridized carbons (Fsp3) is 0.455. The number of phenols is 1. The third-order valence-electron chi connectivity index (χ3n) is 2.98. The average Bonchev–Trinajstić information content (AvgIpc) is 2.80. The summed E-state index contributed by atoms with van der Waals surface area (Å²) in [5, 5.41) is 19.3. The molecule has 0 unspecified atom stereocenters. The van der Waals surface area contributed by atoms with Gasteiger partial charge in [0, 0.05) is 0 Å². The Morgan fingerprint density at radius 2 is 1.77 bits per heavy atom. The number of hydrogen-bond acceptors (Lipinski definition) is 2. The highest BCUT2D eigenvalue weighted by Crippen LogP contribution is 2.47. The quantitative estimate of drug-likeness (QED) is 0.690. The fourth-order valence-corrected chi connectivity index (χ4v) is 1.70. The van der Waals surface area contributed by atoms with Crippen LogP contribution in [-0.4, -0.2) is 10.2 Å². The van der Waals surface area contributed by atoms with Gasteiger partial charge in [0.15, 0.2) is 0 Å². The van der Waals surface area contributed by atoms with Crippen LogP contribution < -0.4 is 0 Å². The number of benzene rings is 1. The second kappa shape index (κ2) is 2.48. The van der Waals surface area contributed by atoms with E-state index in [1.54, 1.807) is 6.07 Å². The Morgan fingerprint density at radius 3 is 2.31 bits per heavy atom.